The predicted molar refractivity (Wildman–Crippen MR) is 118 cm³/mol. The molecule has 0 amide bonds. The molecule has 0 aliphatic carbocycles. The number of likely N-dealkylation sites (N-methyl/N-ethyl adjacent to an activating group) is 1. The molecule has 0 bridgehead atoms. The molecule has 1 aromatic carbocycles. The highest BCUT2D eigenvalue weighted by Crippen LogP contribution is 2.36. The van der Waals surface area contributed by atoms with Gasteiger partial charge in [-0.2, -0.15) is 0 Å². The van der Waals surface area contributed by atoms with Gasteiger partial charge in [0, 0.05) is 49.2 Å². The molecular formula is C23H29N3O6. The Morgan fingerprint density at radius 3 is 2.72 bits per heavy atom. The van der Waals surface area contributed by atoms with Crippen LogP contribution in [0, 0.1) is 10.1 Å². The summed E-state index contributed by atoms with van der Waals surface area (Å²) in [6.45, 7) is 2.74. The molecule has 32 heavy (non-hydrogen) atoms. The molecule has 1 unspecified atom stereocenters. The minimum atomic E-state index is -0.661. The lowest BCUT2D eigenvalue weighted by Crippen LogP contribution is -2.31. The van der Waals surface area contributed by atoms with E-state index in [4.69, 9.17) is 14.2 Å². The van der Waals surface area contributed by atoms with Crippen LogP contribution in [-0.4, -0.2) is 66.9 Å². The first-order valence-electron chi connectivity index (χ1n) is 11.0. The molecule has 0 saturated carbocycles. The summed E-state index contributed by atoms with van der Waals surface area (Å²) in [5.41, 5.74) is 1.26. The van der Waals surface area contributed by atoms with Crippen molar-refractivity contribution in [3.63, 3.8) is 0 Å². The van der Waals surface area contributed by atoms with Gasteiger partial charge in [0.05, 0.1) is 12.0 Å². The van der Waals surface area contributed by atoms with Gasteiger partial charge in [-0.05, 0) is 51.4 Å². The Morgan fingerprint density at radius 1 is 1.28 bits per heavy atom. The Hall–Kier alpha value is -2.91. The average molecular weight is 444 g/mol. The van der Waals surface area contributed by atoms with E-state index in [2.05, 4.69) is 4.90 Å². The van der Waals surface area contributed by atoms with Crippen LogP contribution in [-0.2, 0) is 9.47 Å². The molecule has 9 heteroatoms. The maximum absolute atomic E-state index is 12.4. The van der Waals surface area contributed by atoms with E-state index < -0.39 is 10.9 Å². The Labute approximate surface area is 187 Å². The third kappa shape index (κ3) is 4.49. The first-order valence-corrected chi connectivity index (χ1v) is 11.0. The number of ether oxygens (including phenoxy) is 3. The third-order valence-electron chi connectivity index (χ3n) is 6.46. The summed E-state index contributed by atoms with van der Waals surface area (Å²) in [6, 6.07) is 6.98. The number of carbonyl (C=O) groups excluding carboxylic acids is 1. The summed E-state index contributed by atoms with van der Waals surface area (Å²) < 4.78 is 18.3. The van der Waals surface area contributed by atoms with Crippen LogP contribution < -0.4 is 4.74 Å². The summed E-state index contributed by atoms with van der Waals surface area (Å²) in [5.74, 6) is -0.119. The number of hydrogen-bond donors (Lipinski definition) is 0. The monoisotopic (exact) mass is 443 g/mol. The lowest BCUT2D eigenvalue weighted by Gasteiger charge is -2.24. The minimum absolute atomic E-state index is 0.0587. The molecule has 2 saturated heterocycles. The van der Waals surface area contributed by atoms with Gasteiger partial charge in [0.1, 0.15) is 23.6 Å². The molecule has 2 fully saturated rings. The molecule has 172 valence electrons. The zero-order valence-corrected chi connectivity index (χ0v) is 18.5. The maximum Gasteiger partial charge on any atom is 0.341 e. The fourth-order valence-corrected chi connectivity index (χ4v) is 4.60. The molecule has 1 aromatic heterocycles. The van der Waals surface area contributed by atoms with Crippen molar-refractivity contribution in [1.82, 2.24) is 9.47 Å². The number of aromatic nitrogens is 1. The van der Waals surface area contributed by atoms with E-state index >= 15 is 0 Å². The Balaban J connectivity index is 1.75. The maximum atomic E-state index is 12.4. The number of methoxy groups -OCH3 is 1. The molecule has 4 rings (SSSR count). The van der Waals surface area contributed by atoms with Gasteiger partial charge in [-0.15, -0.1) is 0 Å². The quantitative estimate of drug-likeness (QED) is 0.367. The number of nitro groups is 1. The number of rotatable bonds is 7. The van der Waals surface area contributed by atoms with E-state index in [9.17, 15) is 14.9 Å². The number of nitrogens with zero attached hydrogens (tertiary/aromatic N) is 3. The molecule has 2 aromatic rings. The highest BCUT2D eigenvalue weighted by atomic mass is 16.6. The van der Waals surface area contributed by atoms with Crippen LogP contribution in [0.4, 0.5) is 5.69 Å². The fraction of sp³-hybridized carbons (Fsp3) is 0.522. The van der Waals surface area contributed by atoms with E-state index in [0.717, 1.165) is 37.9 Å². The molecule has 1 atom stereocenters. The second-order valence-corrected chi connectivity index (χ2v) is 8.36. The van der Waals surface area contributed by atoms with Gasteiger partial charge < -0.3 is 23.7 Å². The highest BCUT2D eigenvalue weighted by molar-refractivity contribution is 5.94. The summed E-state index contributed by atoms with van der Waals surface area (Å²) in [6.07, 6.45) is 5.64. The number of nitro benzene ring substituents is 1. The van der Waals surface area contributed by atoms with E-state index in [-0.39, 0.29) is 23.2 Å². The second kappa shape index (κ2) is 9.70. The molecule has 2 aliphatic rings. The average Bonchev–Trinajstić information content (AvgIpc) is 3.46. The number of benzene rings is 1. The van der Waals surface area contributed by atoms with Gasteiger partial charge in [-0.1, -0.05) is 0 Å². The molecule has 2 aliphatic heterocycles. The van der Waals surface area contributed by atoms with Gasteiger partial charge in [0.15, 0.2) is 0 Å². The first-order chi connectivity index (χ1) is 15.5. The van der Waals surface area contributed by atoms with Gasteiger partial charge >= 0.3 is 5.97 Å². The summed E-state index contributed by atoms with van der Waals surface area (Å²) in [5, 5.41) is 12.0. The zero-order valence-electron chi connectivity index (χ0n) is 18.5. The minimum Gasteiger partial charge on any atom is -0.491 e. The van der Waals surface area contributed by atoms with Crippen LogP contribution in [0.15, 0.2) is 30.5 Å². The van der Waals surface area contributed by atoms with Crippen molar-refractivity contribution in [2.75, 3.05) is 40.5 Å². The highest BCUT2D eigenvalue weighted by Gasteiger charge is 2.28. The summed E-state index contributed by atoms with van der Waals surface area (Å²) in [7, 11) is 3.30. The number of carbonyl (C=O) groups is 1. The van der Waals surface area contributed by atoms with Crippen molar-refractivity contribution in [3.8, 4) is 11.4 Å². The van der Waals surface area contributed by atoms with E-state index in [0.29, 0.717) is 31.3 Å². The van der Waals surface area contributed by atoms with Crippen molar-refractivity contribution >= 4 is 11.7 Å². The number of hydrogen-bond acceptors (Lipinski definition) is 7. The van der Waals surface area contributed by atoms with E-state index in [1.54, 1.807) is 6.07 Å². The third-order valence-corrected chi connectivity index (χ3v) is 6.46. The van der Waals surface area contributed by atoms with Crippen molar-refractivity contribution in [3.05, 3.63) is 51.8 Å². The van der Waals surface area contributed by atoms with E-state index in [1.165, 1.54) is 13.2 Å². The van der Waals surface area contributed by atoms with Crippen LogP contribution >= 0.6 is 0 Å². The van der Waals surface area contributed by atoms with Crippen LogP contribution in [0.2, 0.25) is 0 Å². The predicted octanol–water partition coefficient (Wildman–Crippen LogP) is 3.54. The molecular weight excluding hydrogens is 414 g/mol. The normalized spacial score (nSPS) is 19.8. The first kappa shape index (κ1) is 22.3. The van der Waals surface area contributed by atoms with Gasteiger partial charge in [0.25, 0.3) is 5.69 Å². The summed E-state index contributed by atoms with van der Waals surface area (Å²) >= 11 is 0. The van der Waals surface area contributed by atoms with Gasteiger partial charge in [0.2, 0.25) is 0 Å². The molecule has 3 heterocycles. The van der Waals surface area contributed by atoms with Crippen LogP contribution in [0.3, 0.4) is 0 Å². The SMILES string of the molecule is COC(=O)c1cc([N+](=O)[O-])c(-n2cccc2C2CCOCC2)cc1OCC1CCCN1C. The van der Waals surface area contributed by atoms with Crippen molar-refractivity contribution in [2.45, 2.75) is 37.6 Å². The Morgan fingerprint density at radius 2 is 2.06 bits per heavy atom. The second-order valence-electron chi connectivity index (χ2n) is 8.36. The van der Waals surface area contributed by atoms with E-state index in [1.807, 2.05) is 29.9 Å². The Kier molecular flexibility index (Phi) is 6.76. The number of likely N-dealkylation sites (tertiary alicyclic amines) is 1. The van der Waals surface area contributed by atoms with Crippen molar-refractivity contribution < 1.29 is 23.9 Å². The molecule has 0 radical (unpaired) electrons. The lowest BCUT2D eigenvalue weighted by molar-refractivity contribution is -0.384. The number of esters is 1. The Bertz CT molecular complexity index is 982. The van der Waals surface area contributed by atoms with Crippen molar-refractivity contribution in [2.24, 2.45) is 0 Å². The summed E-state index contributed by atoms with van der Waals surface area (Å²) in [4.78, 5) is 26.1. The molecule has 9 nitrogen and oxygen atoms in total. The zero-order chi connectivity index (χ0) is 22.7. The van der Waals surface area contributed by atoms with Gasteiger partial charge in [-0.25, -0.2) is 4.79 Å². The van der Waals surface area contributed by atoms with Crippen LogP contribution in [0.25, 0.3) is 5.69 Å². The fourth-order valence-electron chi connectivity index (χ4n) is 4.60. The standard InChI is InChI=1S/C23H29N3O6/c1-24-9-3-5-17(24)15-32-22-14-20(21(26(28)29)13-18(22)23(27)30-2)25-10-4-6-19(25)16-7-11-31-12-8-16/h4,6,10,13-14,16-17H,3,5,7-9,11-12,15H2,1-2H3. The van der Waals surface area contributed by atoms with Gasteiger partial charge in [-0.3, -0.25) is 10.1 Å². The van der Waals surface area contributed by atoms with Crippen LogP contribution in [0.5, 0.6) is 5.75 Å². The van der Waals surface area contributed by atoms with Crippen LogP contribution in [0.1, 0.15) is 47.7 Å². The molecule has 0 spiro atoms. The topological polar surface area (TPSA) is 96.1 Å². The molecule has 0 N–H and O–H groups in total. The van der Waals surface area contributed by atoms with Crippen molar-refractivity contribution in [1.29, 1.82) is 0 Å². The lowest BCUT2D eigenvalue weighted by atomic mass is 9.96. The smallest absolute Gasteiger partial charge is 0.341 e. The largest absolute Gasteiger partial charge is 0.491 e.